The maximum Gasteiger partial charge on any atom is 0.342 e. The number of hydrogen-bond donors (Lipinski definition) is 0. The zero-order valence-corrected chi connectivity index (χ0v) is 10.5. The SMILES string of the molecule is COC(=O)c1ccc([N+](=O)[O-])c(OC)c1C(=O)OC. The second kappa shape index (κ2) is 5.80. The molecule has 0 saturated carbocycles. The Morgan fingerprint density at radius 1 is 1.11 bits per heavy atom. The first-order chi connectivity index (χ1) is 8.97. The number of hydrogen-bond acceptors (Lipinski definition) is 7. The van der Waals surface area contributed by atoms with E-state index < -0.39 is 22.5 Å². The summed E-state index contributed by atoms with van der Waals surface area (Å²) in [6.45, 7) is 0. The number of carbonyl (C=O) groups is 2. The number of carbonyl (C=O) groups excluding carboxylic acids is 2. The first kappa shape index (κ1) is 14.4. The molecule has 0 saturated heterocycles. The molecule has 0 amide bonds. The maximum absolute atomic E-state index is 11.7. The van der Waals surface area contributed by atoms with Gasteiger partial charge in [-0.1, -0.05) is 0 Å². The van der Waals surface area contributed by atoms with Crippen LogP contribution in [0.15, 0.2) is 12.1 Å². The monoisotopic (exact) mass is 269 g/mol. The number of nitrogens with zero attached hydrogens (tertiary/aromatic N) is 1. The molecule has 0 aromatic heterocycles. The Morgan fingerprint density at radius 3 is 2.11 bits per heavy atom. The zero-order chi connectivity index (χ0) is 14.6. The molecule has 1 rings (SSSR count). The topological polar surface area (TPSA) is 105 Å². The third-order valence-electron chi connectivity index (χ3n) is 2.33. The van der Waals surface area contributed by atoms with Crippen molar-refractivity contribution in [1.82, 2.24) is 0 Å². The third kappa shape index (κ3) is 2.62. The molecule has 0 atom stereocenters. The molecular formula is C11H11NO7. The molecule has 1 aromatic rings. The highest BCUT2D eigenvalue weighted by Gasteiger charge is 2.30. The van der Waals surface area contributed by atoms with E-state index >= 15 is 0 Å². The summed E-state index contributed by atoms with van der Waals surface area (Å²) >= 11 is 0. The van der Waals surface area contributed by atoms with Gasteiger partial charge in [-0.2, -0.15) is 0 Å². The lowest BCUT2D eigenvalue weighted by Crippen LogP contribution is -2.14. The van der Waals surface area contributed by atoms with Crippen molar-refractivity contribution in [3.05, 3.63) is 33.4 Å². The predicted octanol–water partition coefficient (Wildman–Crippen LogP) is 1.18. The van der Waals surface area contributed by atoms with Crippen molar-refractivity contribution < 1.29 is 28.7 Å². The standard InChI is InChI=1S/C11H11NO7/c1-17-9-7(12(15)16)5-4-6(10(13)18-2)8(9)11(14)19-3/h4-5H,1-3H3. The summed E-state index contributed by atoms with van der Waals surface area (Å²) < 4.78 is 13.8. The third-order valence-corrected chi connectivity index (χ3v) is 2.33. The molecule has 0 unspecified atom stereocenters. The fourth-order valence-corrected chi connectivity index (χ4v) is 1.51. The minimum atomic E-state index is -0.930. The molecule has 0 aliphatic carbocycles. The summed E-state index contributed by atoms with van der Waals surface area (Å²) in [4.78, 5) is 33.3. The normalized spacial score (nSPS) is 9.63. The average molecular weight is 269 g/mol. The van der Waals surface area contributed by atoms with E-state index in [1.54, 1.807) is 0 Å². The number of rotatable bonds is 4. The molecule has 19 heavy (non-hydrogen) atoms. The number of benzene rings is 1. The van der Waals surface area contributed by atoms with Gasteiger partial charge in [0.15, 0.2) is 0 Å². The van der Waals surface area contributed by atoms with Gasteiger partial charge in [-0.3, -0.25) is 10.1 Å². The molecule has 0 bridgehead atoms. The number of methoxy groups -OCH3 is 3. The van der Waals surface area contributed by atoms with Crippen molar-refractivity contribution in [3.8, 4) is 5.75 Å². The summed E-state index contributed by atoms with van der Waals surface area (Å²) in [7, 11) is 3.36. The van der Waals surface area contributed by atoms with Crippen molar-refractivity contribution in [3.63, 3.8) is 0 Å². The van der Waals surface area contributed by atoms with Crippen LogP contribution in [-0.4, -0.2) is 38.2 Å². The average Bonchev–Trinajstić information content (AvgIpc) is 2.43. The van der Waals surface area contributed by atoms with Crippen LogP contribution in [0.5, 0.6) is 5.75 Å². The molecule has 0 aliphatic heterocycles. The summed E-state index contributed by atoms with van der Waals surface area (Å²) in [5, 5.41) is 10.9. The van der Waals surface area contributed by atoms with Crippen molar-refractivity contribution >= 4 is 17.6 Å². The van der Waals surface area contributed by atoms with Crippen molar-refractivity contribution in [1.29, 1.82) is 0 Å². The lowest BCUT2D eigenvalue weighted by atomic mass is 10.0. The molecule has 0 aliphatic rings. The Hall–Kier alpha value is -2.64. The van der Waals surface area contributed by atoms with Gasteiger partial charge in [0.05, 0.1) is 31.8 Å². The van der Waals surface area contributed by atoms with Gasteiger partial charge in [0.25, 0.3) is 0 Å². The number of nitro groups is 1. The molecule has 0 N–H and O–H groups in total. The highest BCUT2D eigenvalue weighted by Crippen LogP contribution is 2.34. The molecule has 0 spiro atoms. The van der Waals surface area contributed by atoms with Crippen LogP contribution < -0.4 is 4.74 Å². The van der Waals surface area contributed by atoms with Crippen LogP contribution in [0.25, 0.3) is 0 Å². The Bertz CT molecular complexity index is 538. The van der Waals surface area contributed by atoms with Crippen LogP contribution in [0.2, 0.25) is 0 Å². The van der Waals surface area contributed by atoms with Gasteiger partial charge < -0.3 is 14.2 Å². The van der Waals surface area contributed by atoms with E-state index in [9.17, 15) is 19.7 Å². The molecular weight excluding hydrogens is 258 g/mol. The number of ether oxygens (including phenoxy) is 3. The summed E-state index contributed by atoms with van der Waals surface area (Å²) in [5.41, 5.74) is -0.960. The molecule has 0 radical (unpaired) electrons. The number of nitro benzene ring substituents is 1. The summed E-state index contributed by atoms with van der Waals surface area (Å²) in [6, 6.07) is 2.16. The Labute approximate surface area is 108 Å². The fraction of sp³-hybridized carbons (Fsp3) is 0.273. The highest BCUT2D eigenvalue weighted by molar-refractivity contribution is 6.06. The van der Waals surface area contributed by atoms with E-state index in [1.165, 1.54) is 0 Å². The first-order valence-corrected chi connectivity index (χ1v) is 4.99. The van der Waals surface area contributed by atoms with Gasteiger partial charge in [0.2, 0.25) is 5.75 Å². The molecule has 0 fully saturated rings. The van der Waals surface area contributed by atoms with Gasteiger partial charge in [-0.15, -0.1) is 0 Å². The minimum absolute atomic E-state index is 0.170. The van der Waals surface area contributed by atoms with Gasteiger partial charge in [0, 0.05) is 6.07 Å². The molecule has 1 aromatic carbocycles. The van der Waals surface area contributed by atoms with Gasteiger partial charge >= 0.3 is 17.6 Å². The maximum atomic E-state index is 11.7. The lowest BCUT2D eigenvalue weighted by molar-refractivity contribution is -0.385. The van der Waals surface area contributed by atoms with Gasteiger partial charge in [-0.05, 0) is 6.07 Å². The van der Waals surface area contributed by atoms with Gasteiger partial charge in [-0.25, -0.2) is 9.59 Å². The van der Waals surface area contributed by atoms with E-state index in [0.717, 1.165) is 33.5 Å². The Balaban J connectivity index is 3.64. The van der Waals surface area contributed by atoms with E-state index in [-0.39, 0.29) is 16.9 Å². The van der Waals surface area contributed by atoms with E-state index in [0.29, 0.717) is 0 Å². The summed E-state index contributed by atoms with van der Waals surface area (Å²) in [5.74, 6) is -2.10. The van der Waals surface area contributed by atoms with Crippen LogP contribution >= 0.6 is 0 Å². The first-order valence-electron chi connectivity index (χ1n) is 4.99. The lowest BCUT2D eigenvalue weighted by Gasteiger charge is -2.11. The second-order valence-electron chi connectivity index (χ2n) is 3.28. The van der Waals surface area contributed by atoms with Crippen molar-refractivity contribution in [2.24, 2.45) is 0 Å². The van der Waals surface area contributed by atoms with Crippen molar-refractivity contribution in [2.75, 3.05) is 21.3 Å². The molecule has 8 heteroatoms. The Kier molecular flexibility index (Phi) is 4.41. The molecule has 102 valence electrons. The van der Waals surface area contributed by atoms with E-state index in [2.05, 4.69) is 9.47 Å². The minimum Gasteiger partial charge on any atom is -0.490 e. The van der Waals surface area contributed by atoms with Gasteiger partial charge in [0.1, 0.15) is 5.56 Å². The Morgan fingerprint density at radius 2 is 1.68 bits per heavy atom. The van der Waals surface area contributed by atoms with Crippen LogP contribution in [0.3, 0.4) is 0 Å². The molecule has 8 nitrogen and oxygen atoms in total. The highest BCUT2D eigenvalue weighted by atomic mass is 16.6. The quantitative estimate of drug-likeness (QED) is 0.459. The summed E-state index contributed by atoms with van der Waals surface area (Å²) in [6.07, 6.45) is 0. The van der Waals surface area contributed by atoms with Crippen LogP contribution in [0.1, 0.15) is 20.7 Å². The van der Waals surface area contributed by atoms with E-state index in [4.69, 9.17) is 4.74 Å². The van der Waals surface area contributed by atoms with Crippen LogP contribution in [-0.2, 0) is 9.47 Å². The fourth-order valence-electron chi connectivity index (χ4n) is 1.51. The smallest absolute Gasteiger partial charge is 0.342 e. The molecule has 0 heterocycles. The van der Waals surface area contributed by atoms with Crippen molar-refractivity contribution in [2.45, 2.75) is 0 Å². The number of esters is 2. The van der Waals surface area contributed by atoms with E-state index in [1.807, 2.05) is 0 Å². The second-order valence-corrected chi connectivity index (χ2v) is 3.28. The zero-order valence-electron chi connectivity index (χ0n) is 10.5. The largest absolute Gasteiger partial charge is 0.490 e. The predicted molar refractivity (Wildman–Crippen MR) is 62.3 cm³/mol. The van der Waals surface area contributed by atoms with Crippen LogP contribution in [0, 0.1) is 10.1 Å². The van der Waals surface area contributed by atoms with Crippen LogP contribution in [0.4, 0.5) is 5.69 Å².